The molecule has 0 fully saturated rings. The van der Waals surface area contributed by atoms with Gasteiger partial charge in [-0.25, -0.2) is 0 Å². The van der Waals surface area contributed by atoms with Crippen LogP contribution in [-0.4, -0.2) is 30.2 Å². The molecule has 0 spiro atoms. The van der Waals surface area contributed by atoms with Crippen LogP contribution in [0.4, 0.5) is 0 Å². The summed E-state index contributed by atoms with van der Waals surface area (Å²) in [5.74, 6) is 0.519. The van der Waals surface area contributed by atoms with E-state index in [-0.39, 0.29) is 0 Å². The molecule has 0 saturated carbocycles. The fourth-order valence-electron chi connectivity index (χ4n) is 1.18. The Morgan fingerprint density at radius 2 is 2.35 bits per heavy atom. The summed E-state index contributed by atoms with van der Waals surface area (Å²) in [4.78, 5) is 0.862. The lowest BCUT2D eigenvalue weighted by Gasteiger charge is -2.10. The molecular formula is C12H14ClNO2S. The maximum absolute atomic E-state index is 9.59. The molecule has 0 heterocycles. The van der Waals surface area contributed by atoms with E-state index in [1.807, 2.05) is 13.0 Å². The van der Waals surface area contributed by atoms with E-state index in [4.69, 9.17) is 21.6 Å². The third kappa shape index (κ3) is 4.97. The first-order valence-electron chi connectivity index (χ1n) is 5.25. The van der Waals surface area contributed by atoms with E-state index in [1.165, 1.54) is 11.8 Å². The summed E-state index contributed by atoms with van der Waals surface area (Å²) in [6.07, 6.45) is -0.508. The number of hydrogen-bond acceptors (Lipinski definition) is 4. The number of nitriles is 1. The molecule has 3 nitrogen and oxygen atoms in total. The lowest BCUT2D eigenvalue weighted by atomic mass is 10.2. The van der Waals surface area contributed by atoms with Gasteiger partial charge in [0.25, 0.3) is 0 Å². The normalized spacial score (nSPS) is 12.1. The van der Waals surface area contributed by atoms with Gasteiger partial charge < -0.3 is 9.84 Å². The second-order valence-corrected chi connectivity index (χ2v) is 4.85. The number of nitrogens with zero attached hydrogens (tertiary/aromatic N) is 1. The Kier molecular flexibility index (Phi) is 6.38. The highest BCUT2D eigenvalue weighted by molar-refractivity contribution is 7.99. The second-order valence-electron chi connectivity index (χ2n) is 3.38. The van der Waals surface area contributed by atoms with Crippen LogP contribution in [0.5, 0.6) is 0 Å². The van der Waals surface area contributed by atoms with Gasteiger partial charge in [-0.3, -0.25) is 0 Å². The van der Waals surface area contributed by atoms with Crippen LogP contribution in [0.3, 0.4) is 0 Å². The quantitative estimate of drug-likeness (QED) is 0.809. The number of benzene rings is 1. The van der Waals surface area contributed by atoms with E-state index in [1.54, 1.807) is 18.2 Å². The Bertz CT molecular complexity index is 406. The smallest absolute Gasteiger partial charge is 0.0992 e. The highest BCUT2D eigenvalue weighted by atomic mass is 35.5. The highest BCUT2D eigenvalue weighted by Gasteiger charge is 2.07. The molecule has 92 valence electrons. The maximum atomic E-state index is 9.59. The zero-order valence-corrected chi connectivity index (χ0v) is 11.1. The van der Waals surface area contributed by atoms with E-state index in [9.17, 15) is 5.11 Å². The lowest BCUT2D eigenvalue weighted by molar-refractivity contribution is 0.0551. The Morgan fingerprint density at radius 1 is 1.59 bits per heavy atom. The average Bonchev–Trinajstić information content (AvgIpc) is 2.34. The minimum atomic E-state index is -0.508. The molecule has 0 aromatic heterocycles. The summed E-state index contributed by atoms with van der Waals surface area (Å²) in [5, 5.41) is 18.8. The largest absolute Gasteiger partial charge is 0.390 e. The third-order valence-corrected chi connectivity index (χ3v) is 3.65. The minimum absolute atomic E-state index is 0.331. The molecule has 0 saturated heterocycles. The fourth-order valence-corrected chi connectivity index (χ4v) is 2.35. The number of rotatable bonds is 6. The van der Waals surface area contributed by atoms with Crippen molar-refractivity contribution in [2.75, 3.05) is 19.0 Å². The van der Waals surface area contributed by atoms with Gasteiger partial charge >= 0.3 is 0 Å². The Hall–Kier alpha value is -0.730. The van der Waals surface area contributed by atoms with E-state index >= 15 is 0 Å². The number of thioether (sulfide) groups is 1. The fraction of sp³-hybridized carbons (Fsp3) is 0.417. The monoisotopic (exact) mass is 271 g/mol. The Balaban J connectivity index is 2.49. The molecule has 0 aliphatic rings. The SMILES string of the molecule is CCOC[C@@H](O)CSc1ccc(C#N)cc1Cl. The maximum Gasteiger partial charge on any atom is 0.0992 e. The summed E-state index contributed by atoms with van der Waals surface area (Å²) >= 11 is 7.46. The highest BCUT2D eigenvalue weighted by Crippen LogP contribution is 2.28. The molecule has 1 aromatic rings. The lowest BCUT2D eigenvalue weighted by Crippen LogP contribution is -2.17. The zero-order chi connectivity index (χ0) is 12.7. The summed E-state index contributed by atoms with van der Waals surface area (Å²) < 4.78 is 5.11. The topological polar surface area (TPSA) is 53.2 Å². The van der Waals surface area contributed by atoms with Crippen molar-refractivity contribution in [3.05, 3.63) is 28.8 Å². The first-order chi connectivity index (χ1) is 8.17. The molecule has 1 rings (SSSR count). The minimum Gasteiger partial charge on any atom is -0.390 e. The summed E-state index contributed by atoms with van der Waals surface area (Å²) in [7, 11) is 0. The molecule has 1 atom stereocenters. The van der Waals surface area contributed by atoms with Crippen LogP contribution in [-0.2, 0) is 4.74 Å². The van der Waals surface area contributed by atoms with Gasteiger partial charge in [-0.1, -0.05) is 11.6 Å². The van der Waals surface area contributed by atoms with Crippen molar-refractivity contribution in [3.8, 4) is 6.07 Å². The molecule has 0 aliphatic carbocycles. The van der Waals surface area contributed by atoms with Crippen LogP contribution in [0.2, 0.25) is 5.02 Å². The summed E-state index contributed by atoms with van der Waals surface area (Å²) in [5.41, 5.74) is 0.536. The molecule has 0 bridgehead atoms. The van der Waals surface area contributed by atoms with Crippen molar-refractivity contribution in [1.29, 1.82) is 5.26 Å². The van der Waals surface area contributed by atoms with Gasteiger partial charge in [0.15, 0.2) is 0 Å². The van der Waals surface area contributed by atoms with Crippen molar-refractivity contribution >= 4 is 23.4 Å². The second kappa shape index (κ2) is 7.57. The van der Waals surface area contributed by atoms with E-state index < -0.39 is 6.10 Å². The van der Waals surface area contributed by atoms with Gasteiger partial charge in [0, 0.05) is 17.3 Å². The van der Waals surface area contributed by atoms with Crippen LogP contribution in [0, 0.1) is 11.3 Å². The standard InChI is InChI=1S/C12H14ClNO2S/c1-2-16-7-10(15)8-17-12-4-3-9(6-14)5-11(12)13/h3-5,10,15H,2,7-8H2,1H3/t10-/m1/s1. The Morgan fingerprint density at radius 3 is 2.94 bits per heavy atom. The van der Waals surface area contributed by atoms with E-state index in [0.717, 1.165) is 4.90 Å². The van der Waals surface area contributed by atoms with Crippen LogP contribution in [0.15, 0.2) is 23.1 Å². The predicted molar refractivity (Wildman–Crippen MR) is 69.4 cm³/mol. The van der Waals surface area contributed by atoms with Crippen molar-refractivity contribution in [1.82, 2.24) is 0 Å². The van der Waals surface area contributed by atoms with Gasteiger partial charge in [-0.05, 0) is 25.1 Å². The molecule has 0 unspecified atom stereocenters. The van der Waals surface area contributed by atoms with Crippen LogP contribution in [0.1, 0.15) is 12.5 Å². The van der Waals surface area contributed by atoms with Crippen LogP contribution >= 0.6 is 23.4 Å². The number of hydrogen-bond donors (Lipinski definition) is 1. The van der Waals surface area contributed by atoms with Gasteiger partial charge in [0.05, 0.1) is 29.4 Å². The molecule has 0 aliphatic heterocycles. The molecule has 5 heteroatoms. The first-order valence-corrected chi connectivity index (χ1v) is 6.62. The first kappa shape index (κ1) is 14.3. The van der Waals surface area contributed by atoms with E-state index in [2.05, 4.69) is 0 Å². The molecule has 17 heavy (non-hydrogen) atoms. The van der Waals surface area contributed by atoms with Gasteiger partial charge in [-0.2, -0.15) is 5.26 Å². The number of ether oxygens (including phenoxy) is 1. The van der Waals surface area contributed by atoms with Crippen molar-refractivity contribution < 1.29 is 9.84 Å². The van der Waals surface area contributed by atoms with E-state index in [0.29, 0.717) is 29.6 Å². The molecular weight excluding hydrogens is 258 g/mol. The zero-order valence-electron chi connectivity index (χ0n) is 9.52. The molecule has 0 radical (unpaired) electrons. The number of halogens is 1. The third-order valence-electron chi connectivity index (χ3n) is 2.01. The molecule has 1 aromatic carbocycles. The molecule has 0 amide bonds. The molecule has 1 N–H and O–H groups in total. The van der Waals surface area contributed by atoms with Crippen LogP contribution in [0.25, 0.3) is 0 Å². The van der Waals surface area contributed by atoms with Gasteiger partial charge in [-0.15, -0.1) is 11.8 Å². The van der Waals surface area contributed by atoms with Gasteiger partial charge in [0.2, 0.25) is 0 Å². The summed E-state index contributed by atoms with van der Waals surface area (Å²) in [6, 6.07) is 7.15. The van der Waals surface area contributed by atoms with Crippen LogP contribution < -0.4 is 0 Å². The average molecular weight is 272 g/mol. The van der Waals surface area contributed by atoms with Crippen molar-refractivity contribution in [2.45, 2.75) is 17.9 Å². The summed E-state index contributed by atoms with van der Waals surface area (Å²) in [6.45, 7) is 2.81. The number of aliphatic hydroxyl groups is 1. The number of aliphatic hydroxyl groups excluding tert-OH is 1. The van der Waals surface area contributed by atoms with Crippen molar-refractivity contribution in [3.63, 3.8) is 0 Å². The van der Waals surface area contributed by atoms with Crippen molar-refractivity contribution in [2.24, 2.45) is 0 Å². The van der Waals surface area contributed by atoms with Gasteiger partial charge in [0.1, 0.15) is 0 Å². The predicted octanol–water partition coefficient (Wildman–Crippen LogP) is 2.70. The Labute approximate surface area is 110 Å².